The molecule has 0 spiro atoms. The molecule has 0 saturated heterocycles. The lowest BCUT2D eigenvalue weighted by atomic mass is 9.87. The number of para-hydroxylation sites is 2. The summed E-state index contributed by atoms with van der Waals surface area (Å²) >= 11 is 0. The fourth-order valence-electron chi connectivity index (χ4n) is 4.11. The third kappa shape index (κ3) is 4.19. The van der Waals surface area contributed by atoms with Crippen molar-refractivity contribution >= 4 is 22.5 Å². The molecule has 0 saturated carbocycles. The number of nitrogens with zero attached hydrogens (tertiary/aromatic N) is 2. The number of nitro groups is 1. The second kappa shape index (κ2) is 8.44. The second-order valence-corrected chi connectivity index (χ2v) is 7.75. The Balaban J connectivity index is 1.87. The molecule has 0 radical (unpaired) electrons. The van der Waals surface area contributed by atoms with Crippen LogP contribution in [0.15, 0.2) is 79.0 Å². The highest BCUT2D eigenvalue weighted by atomic mass is 16.6. The van der Waals surface area contributed by atoms with Gasteiger partial charge in [0.2, 0.25) is 5.91 Å². The first kappa shape index (κ1) is 20.3. The number of hydrogen-bond donors (Lipinski definition) is 1. The van der Waals surface area contributed by atoms with Crippen molar-refractivity contribution in [2.45, 2.75) is 25.8 Å². The Hall–Kier alpha value is -3.93. The van der Waals surface area contributed by atoms with Crippen LogP contribution in [0.25, 0.3) is 10.9 Å². The Morgan fingerprint density at radius 1 is 1.00 bits per heavy atom. The summed E-state index contributed by atoms with van der Waals surface area (Å²) in [6.45, 7) is 2.70. The fourth-order valence-corrected chi connectivity index (χ4v) is 4.11. The summed E-state index contributed by atoms with van der Waals surface area (Å²) in [4.78, 5) is 23.2. The number of carbonyl (C=O) groups excluding carboxylic acids is 1. The number of amides is 1. The lowest BCUT2D eigenvalue weighted by molar-refractivity contribution is -0.385. The molecular formula is C25H23N3O3. The third-order valence-electron chi connectivity index (χ3n) is 5.58. The maximum absolute atomic E-state index is 11.9. The van der Waals surface area contributed by atoms with Crippen LogP contribution in [-0.2, 0) is 11.3 Å². The molecule has 6 nitrogen and oxygen atoms in total. The van der Waals surface area contributed by atoms with E-state index in [9.17, 15) is 14.9 Å². The minimum Gasteiger partial charge on any atom is -0.370 e. The summed E-state index contributed by atoms with van der Waals surface area (Å²) in [5, 5.41) is 12.6. The van der Waals surface area contributed by atoms with E-state index in [0.717, 1.165) is 22.0 Å². The highest BCUT2D eigenvalue weighted by Crippen LogP contribution is 2.38. The van der Waals surface area contributed by atoms with Crippen LogP contribution < -0.4 is 5.73 Å². The van der Waals surface area contributed by atoms with Gasteiger partial charge in [-0.05, 0) is 24.1 Å². The predicted octanol–water partition coefficient (Wildman–Crippen LogP) is 4.91. The molecule has 0 aliphatic carbocycles. The van der Waals surface area contributed by atoms with Crippen molar-refractivity contribution in [3.05, 3.63) is 111 Å². The molecular weight excluding hydrogens is 390 g/mol. The van der Waals surface area contributed by atoms with Gasteiger partial charge in [0, 0.05) is 47.6 Å². The van der Waals surface area contributed by atoms with Gasteiger partial charge in [0.15, 0.2) is 0 Å². The topological polar surface area (TPSA) is 91.2 Å². The molecule has 3 aromatic carbocycles. The van der Waals surface area contributed by atoms with Gasteiger partial charge in [0.25, 0.3) is 5.69 Å². The van der Waals surface area contributed by atoms with E-state index in [-0.39, 0.29) is 12.1 Å². The van der Waals surface area contributed by atoms with Gasteiger partial charge in [-0.25, -0.2) is 0 Å². The minimum absolute atomic E-state index is 0.0101. The van der Waals surface area contributed by atoms with E-state index in [1.165, 1.54) is 11.6 Å². The summed E-state index contributed by atoms with van der Waals surface area (Å²) in [6.07, 6.45) is 1.98. The van der Waals surface area contributed by atoms with Crippen LogP contribution in [0, 0.1) is 17.0 Å². The SMILES string of the molecule is Cc1ccc(Cn2cc([C@@H](CC(N)=O)c3ccccc3[N+](=O)[O-])c3ccccc32)cc1. The molecule has 2 N–H and O–H groups in total. The fraction of sp³-hybridized carbons (Fsp3) is 0.160. The van der Waals surface area contributed by atoms with Crippen molar-refractivity contribution in [3.63, 3.8) is 0 Å². The number of carbonyl (C=O) groups is 1. The number of aromatic nitrogens is 1. The molecule has 4 rings (SSSR count). The zero-order chi connectivity index (χ0) is 22.0. The molecule has 0 aliphatic rings. The number of nitro benzene ring substituents is 1. The molecule has 0 aliphatic heterocycles. The van der Waals surface area contributed by atoms with Crippen LogP contribution in [0.5, 0.6) is 0 Å². The van der Waals surface area contributed by atoms with Gasteiger partial charge in [0.05, 0.1) is 4.92 Å². The van der Waals surface area contributed by atoms with E-state index in [4.69, 9.17) is 5.73 Å². The van der Waals surface area contributed by atoms with Crippen molar-refractivity contribution in [1.82, 2.24) is 4.57 Å². The standard InChI is InChI=1S/C25H23N3O3/c1-17-10-12-18(13-11-17)15-27-16-22(20-7-2-4-8-23(20)27)21(14-25(26)29)19-6-3-5-9-24(19)28(30)31/h2-13,16,21H,14-15H2,1H3,(H2,26,29)/t21-/m0/s1. The molecule has 1 atom stereocenters. The van der Waals surface area contributed by atoms with Crippen LogP contribution in [-0.4, -0.2) is 15.4 Å². The van der Waals surface area contributed by atoms with Crippen LogP contribution in [0.1, 0.15) is 34.6 Å². The van der Waals surface area contributed by atoms with Crippen molar-refractivity contribution < 1.29 is 9.72 Å². The molecule has 1 heterocycles. The van der Waals surface area contributed by atoms with Gasteiger partial charge in [-0.2, -0.15) is 0 Å². The monoisotopic (exact) mass is 413 g/mol. The van der Waals surface area contributed by atoms with E-state index in [0.29, 0.717) is 12.1 Å². The number of fused-ring (bicyclic) bond motifs is 1. The third-order valence-corrected chi connectivity index (χ3v) is 5.58. The normalized spacial score (nSPS) is 12.0. The van der Waals surface area contributed by atoms with Crippen molar-refractivity contribution in [3.8, 4) is 0 Å². The zero-order valence-electron chi connectivity index (χ0n) is 17.2. The summed E-state index contributed by atoms with van der Waals surface area (Å²) in [5.41, 5.74) is 10.3. The van der Waals surface area contributed by atoms with E-state index in [1.807, 2.05) is 37.4 Å². The van der Waals surface area contributed by atoms with Crippen LogP contribution in [0.3, 0.4) is 0 Å². The first-order valence-electron chi connectivity index (χ1n) is 10.1. The van der Waals surface area contributed by atoms with Crippen molar-refractivity contribution in [2.75, 3.05) is 0 Å². The Labute approximate surface area is 180 Å². The first-order chi connectivity index (χ1) is 14.9. The number of hydrogen-bond acceptors (Lipinski definition) is 3. The molecule has 1 amide bonds. The van der Waals surface area contributed by atoms with E-state index < -0.39 is 16.7 Å². The highest BCUT2D eigenvalue weighted by molar-refractivity contribution is 5.87. The Morgan fingerprint density at radius 3 is 2.39 bits per heavy atom. The number of primary amides is 1. The molecule has 1 aromatic heterocycles. The van der Waals surface area contributed by atoms with Crippen LogP contribution >= 0.6 is 0 Å². The van der Waals surface area contributed by atoms with Gasteiger partial charge in [0.1, 0.15) is 0 Å². The molecule has 31 heavy (non-hydrogen) atoms. The Morgan fingerprint density at radius 2 is 1.68 bits per heavy atom. The van der Waals surface area contributed by atoms with E-state index in [2.05, 4.69) is 28.8 Å². The number of rotatable bonds is 7. The van der Waals surface area contributed by atoms with Crippen LogP contribution in [0.4, 0.5) is 5.69 Å². The number of aryl methyl sites for hydroxylation is 1. The average Bonchev–Trinajstić information content (AvgIpc) is 3.12. The lowest BCUT2D eigenvalue weighted by Gasteiger charge is -2.15. The van der Waals surface area contributed by atoms with Gasteiger partial charge in [-0.3, -0.25) is 14.9 Å². The van der Waals surface area contributed by atoms with E-state index in [1.54, 1.807) is 18.2 Å². The summed E-state index contributed by atoms with van der Waals surface area (Å²) in [6, 6.07) is 22.8. The second-order valence-electron chi connectivity index (χ2n) is 7.75. The van der Waals surface area contributed by atoms with E-state index >= 15 is 0 Å². The van der Waals surface area contributed by atoms with Gasteiger partial charge < -0.3 is 10.3 Å². The van der Waals surface area contributed by atoms with Gasteiger partial charge >= 0.3 is 0 Å². The number of benzene rings is 3. The molecule has 6 heteroatoms. The molecule has 0 fully saturated rings. The Bertz CT molecular complexity index is 1260. The molecule has 0 bridgehead atoms. The summed E-state index contributed by atoms with van der Waals surface area (Å²) < 4.78 is 2.12. The number of nitrogens with two attached hydrogens (primary N) is 1. The van der Waals surface area contributed by atoms with Crippen molar-refractivity contribution in [2.24, 2.45) is 5.73 Å². The summed E-state index contributed by atoms with van der Waals surface area (Å²) in [5.74, 6) is -1.01. The van der Waals surface area contributed by atoms with Gasteiger partial charge in [-0.1, -0.05) is 66.2 Å². The lowest BCUT2D eigenvalue weighted by Crippen LogP contribution is -2.17. The smallest absolute Gasteiger partial charge is 0.273 e. The molecule has 156 valence electrons. The zero-order valence-corrected chi connectivity index (χ0v) is 17.2. The molecule has 4 aromatic rings. The quantitative estimate of drug-likeness (QED) is 0.345. The van der Waals surface area contributed by atoms with Crippen LogP contribution in [0.2, 0.25) is 0 Å². The maximum atomic E-state index is 11.9. The largest absolute Gasteiger partial charge is 0.370 e. The maximum Gasteiger partial charge on any atom is 0.273 e. The van der Waals surface area contributed by atoms with Gasteiger partial charge in [-0.15, -0.1) is 0 Å². The minimum atomic E-state index is -0.511. The van der Waals surface area contributed by atoms with Crippen molar-refractivity contribution in [1.29, 1.82) is 0 Å². The first-order valence-corrected chi connectivity index (χ1v) is 10.1. The molecule has 0 unspecified atom stereocenters. The predicted molar refractivity (Wildman–Crippen MR) is 121 cm³/mol. The highest BCUT2D eigenvalue weighted by Gasteiger charge is 2.27. The Kier molecular flexibility index (Phi) is 5.54. The average molecular weight is 413 g/mol. The summed E-state index contributed by atoms with van der Waals surface area (Å²) in [7, 11) is 0.